The Kier molecular flexibility index (Phi) is 4.07. The first-order chi connectivity index (χ1) is 7.49. The van der Waals surface area contributed by atoms with Gasteiger partial charge in [-0.25, -0.2) is 9.78 Å². The third-order valence-electron chi connectivity index (χ3n) is 1.61. The molecule has 16 heavy (non-hydrogen) atoms. The average molecular weight is 217 g/mol. The number of hydrogen-bond acceptors (Lipinski definition) is 3. The summed E-state index contributed by atoms with van der Waals surface area (Å²) >= 11 is 0. The van der Waals surface area contributed by atoms with Gasteiger partial charge in [0.05, 0.1) is 0 Å². The van der Waals surface area contributed by atoms with E-state index in [9.17, 15) is 4.79 Å². The van der Waals surface area contributed by atoms with Gasteiger partial charge in [-0.15, -0.1) is 0 Å². The molecular weight excluding hydrogens is 202 g/mol. The molecule has 3 nitrogen and oxygen atoms in total. The first-order valence-electron chi connectivity index (χ1n) is 5.07. The largest absolute Gasteiger partial charge is 0.448 e. The van der Waals surface area contributed by atoms with Crippen molar-refractivity contribution in [2.75, 3.05) is 6.61 Å². The van der Waals surface area contributed by atoms with Crippen molar-refractivity contribution in [3.8, 4) is 11.8 Å². The summed E-state index contributed by atoms with van der Waals surface area (Å²) in [6.45, 7) is 6.11. The Morgan fingerprint density at radius 3 is 2.75 bits per heavy atom. The van der Waals surface area contributed by atoms with Crippen molar-refractivity contribution in [2.24, 2.45) is 5.41 Å². The maximum atomic E-state index is 11.4. The summed E-state index contributed by atoms with van der Waals surface area (Å²) in [7, 11) is 0. The van der Waals surface area contributed by atoms with Crippen molar-refractivity contribution in [2.45, 2.75) is 20.8 Å². The van der Waals surface area contributed by atoms with E-state index in [1.165, 1.54) is 0 Å². The molecule has 0 bridgehead atoms. The van der Waals surface area contributed by atoms with Crippen LogP contribution >= 0.6 is 0 Å². The van der Waals surface area contributed by atoms with Crippen LogP contribution in [0.1, 0.15) is 31.3 Å². The number of hydrogen-bond donors (Lipinski definition) is 0. The molecule has 1 heterocycles. The van der Waals surface area contributed by atoms with Crippen molar-refractivity contribution in [3.63, 3.8) is 0 Å². The number of rotatable bonds is 2. The van der Waals surface area contributed by atoms with Crippen molar-refractivity contribution < 1.29 is 9.53 Å². The smallest absolute Gasteiger partial charge is 0.357 e. The van der Waals surface area contributed by atoms with E-state index >= 15 is 0 Å². The summed E-state index contributed by atoms with van der Waals surface area (Å²) in [6.07, 6.45) is 1.55. The molecule has 1 rings (SSSR count). The highest BCUT2D eigenvalue weighted by atomic mass is 16.5. The van der Waals surface area contributed by atoms with E-state index in [-0.39, 0.29) is 12.0 Å². The molecule has 0 amide bonds. The normalized spacial score (nSPS) is 10.2. The first-order valence-corrected chi connectivity index (χ1v) is 5.07. The molecule has 0 N–H and O–H groups in total. The second-order valence-corrected chi connectivity index (χ2v) is 4.34. The second-order valence-electron chi connectivity index (χ2n) is 4.34. The number of nitrogens with zero attached hydrogens (tertiary/aromatic N) is 1. The fourth-order valence-corrected chi connectivity index (χ4v) is 0.960. The quantitative estimate of drug-likeness (QED) is 0.563. The van der Waals surface area contributed by atoms with E-state index in [0.717, 1.165) is 0 Å². The van der Waals surface area contributed by atoms with Crippen LogP contribution in [0.25, 0.3) is 0 Å². The molecule has 0 saturated carbocycles. The number of carbonyl (C=O) groups excluding carboxylic acids is 1. The van der Waals surface area contributed by atoms with Crippen LogP contribution in [0.15, 0.2) is 24.4 Å². The van der Waals surface area contributed by atoms with Gasteiger partial charge in [0, 0.05) is 11.6 Å². The van der Waals surface area contributed by atoms with Crippen LogP contribution in [0.5, 0.6) is 0 Å². The summed E-state index contributed by atoms with van der Waals surface area (Å²) in [6, 6.07) is 5.10. The summed E-state index contributed by atoms with van der Waals surface area (Å²) in [4.78, 5) is 15.3. The van der Waals surface area contributed by atoms with Crippen molar-refractivity contribution >= 4 is 5.97 Å². The highest BCUT2D eigenvalue weighted by molar-refractivity contribution is 5.87. The van der Waals surface area contributed by atoms with Crippen LogP contribution in [-0.4, -0.2) is 17.6 Å². The van der Waals surface area contributed by atoms with E-state index in [1.807, 2.05) is 20.8 Å². The lowest BCUT2D eigenvalue weighted by Crippen LogP contribution is -2.07. The van der Waals surface area contributed by atoms with E-state index in [4.69, 9.17) is 4.74 Å². The van der Waals surface area contributed by atoms with Crippen molar-refractivity contribution in [3.05, 3.63) is 30.1 Å². The van der Waals surface area contributed by atoms with Gasteiger partial charge < -0.3 is 4.74 Å². The molecule has 0 fully saturated rings. The molecule has 0 saturated heterocycles. The minimum Gasteiger partial charge on any atom is -0.448 e. The molecule has 1 aromatic rings. The van der Waals surface area contributed by atoms with Gasteiger partial charge in [0.1, 0.15) is 5.69 Å². The lowest BCUT2D eigenvalue weighted by Gasteiger charge is -2.06. The van der Waals surface area contributed by atoms with Crippen LogP contribution in [0.3, 0.4) is 0 Å². The SMILES string of the molecule is CC(C)(C)C#CCOC(=O)c1ccccn1. The summed E-state index contributed by atoms with van der Waals surface area (Å²) in [5.41, 5.74) is 0.234. The van der Waals surface area contributed by atoms with Gasteiger partial charge in [0.15, 0.2) is 6.61 Å². The second kappa shape index (κ2) is 5.32. The minimum atomic E-state index is -0.441. The summed E-state index contributed by atoms with van der Waals surface area (Å²) < 4.78 is 4.95. The highest BCUT2D eigenvalue weighted by Crippen LogP contribution is 2.09. The monoisotopic (exact) mass is 217 g/mol. The van der Waals surface area contributed by atoms with E-state index in [1.54, 1.807) is 24.4 Å². The molecule has 0 unspecified atom stereocenters. The lowest BCUT2D eigenvalue weighted by atomic mass is 9.98. The van der Waals surface area contributed by atoms with E-state index < -0.39 is 5.97 Å². The maximum Gasteiger partial charge on any atom is 0.357 e. The standard InChI is InChI=1S/C13H15NO2/c1-13(2,3)8-6-10-16-12(15)11-7-4-5-9-14-11/h4-5,7,9H,10H2,1-3H3. The zero-order chi connectivity index (χ0) is 12.0. The molecule has 0 aliphatic rings. The molecule has 0 aliphatic carbocycles. The summed E-state index contributed by atoms with van der Waals surface area (Å²) in [5, 5.41) is 0. The average Bonchev–Trinajstić information content (AvgIpc) is 2.24. The Balaban J connectivity index is 2.45. The van der Waals surface area contributed by atoms with Gasteiger partial charge in [-0.1, -0.05) is 17.9 Å². The van der Waals surface area contributed by atoms with Crippen molar-refractivity contribution in [1.82, 2.24) is 4.98 Å². The lowest BCUT2D eigenvalue weighted by molar-refractivity contribution is 0.0549. The summed E-state index contributed by atoms with van der Waals surface area (Å²) in [5.74, 6) is 5.35. The molecule has 1 aromatic heterocycles. The van der Waals surface area contributed by atoms with E-state index in [0.29, 0.717) is 5.69 Å². The topological polar surface area (TPSA) is 39.2 Å². The molecule has 0 radical (unpaired) electrons. The Morgan fingerprint density at radius 2 is 2.19 bits per heavy atom. The van der Waals surface area contributed by atoms with Gasteiger partial charge in [-0.3, -0.25) is 0 Å². The van der Waals surface area contributed by atoms with Gasteiger partial charge in [0.25, 0.3) is 0 Å². The number of pyridine rings is 1. The highest BCUT2D eigenvalue weighted by Gasteiger charge is 2.06. The van der Waals surface area contributed by atoms with Crippen LogP contribution in [0.2, 0.25) is 0 Å². The van der Waals surface area contributed by atoms with Gasteiger partial charge in [0.2, 0.25) is 0 Å². The molecule has 3 heteroatoms. The number of carbonyl (C=O) groups is 1. The number of esters is 1. The van der Waals surface area contributed by atoms with Gasteiger partial charge in [-0.2, -0.15) is 0 Å². The molecule has 0 aromatic carbocycles. The zero-order valence-electron chi connectivity index (χ0n) is 9.78. The maximum absolute atomic E-state index is 11.4. The Bertz CT molecular complexity index is 407. The van der Waals surface area contributed by atoms with E-state index in [2.05, 4.69) is 16.8 Å². The van der Waals surface area contributed by atoms with Gasteiger partial charge in [-0.05, 0) is 32.9 Å². The van der Waals surface area contributed by atoms with Crippen LogP contribution in [0, 0.1) is 17.3 Å². The van der Waals surface area contributed by atoms with Crippen LogP contribution in [0.4, 0.5) is 0 Å². The zero-order valence-corrected chi connectivity index (χ0v) is 9.78. The molecule has 0 aliphatic heterocycles. The van der Waals surface area contributed by atoms with Crippen LogP contribution in [-0.2, 0) is 4.74 Å². The molecular formula is C13H15NO2. The first kappa shape index (κ1) is 12.3. The van der Waals surface area contributed by atoms with Gasteiger partial charge >= 0.3 is 5.97 Å². The predicted molar refractivity (Wildman–Crippen MR) is 61.8 cm³/mol. The number of aromatic nitrogens is 1. The molecule has 84 valence electrons. The Labute approximate surface area is 95.8 Å². The number of ether oxygens (including phenoxy) is 1. The van der Waals surface area contributed by atoms with Crippen molar-refractivity contribution in [1.29, 1.82) is 0 Å². The van der Waals surface area contributed by atoms with Crippen LogP contribution < -0.4 is 0 Å². The third kappa shape index (κ3) is 4.61. The minimum absolute atomic E-state index is 0.0720. The molecule has 0 atom stereocenters. The fourth-order valence-electron chi connectivity index (χ4n) is 0.960. The third-order valence-corrected chi connectivity index (χ3v) is 1.61. The Hall–Kier alpha value is -1.82. The molecule has 0 spiro atoms. The predicted octanol–water partition coefficient (Wildman–Crippen LogP) is 2.29. The Morgan fingerprint density at radius 1 is 1.44 bits per heavy atom. The fraction of sp³-hybridized carbons (Fsp3) is 0.385.